The van der Waals surface area contributed by atoms with E-state index < -0.39 is 18.1 Å². The molecule has 0 radical (unpaired) electrons. The standard InChI is InChI=1S/C8H12N4O4/c13-6(7(14)15)1-2-9-8(16)12-5-3-10-11-4-5/h3-4,6,13H,1-2H2,(H,10,11)(H,14,15)(H2,9,12,16). The Morgan fingerprint density at radius 2 is 2.31 bits per heavy atom. The van der Waals surface area contributed by atoms with Crippen LogP contribution in [-0.4, -0.2) is 45.1 Å². The Kier molecular flexibility index (Phi) is 4.28. The van der Waals surface area contributed by atoms with Gasteiger partial charge in [0, 0.05) is 19.2 Å². The zero-order chi connectivity index (χ0) is 12.0. The largest absolute Gasteiger partial charge is 0.479 e. The summed E-state index contributed by atoms with van der Waals surface area (Å²) in [5.41, 5.74) is 0.497. The molecule has 0 saturated carbocycles. The van der Waals surface area contributed by atoms with Gasteiger partial charge in [0.15, 0.2) is 6.10 Å². The van der Waals surface area contributed by atoms with Crippen molar-refractivity contribution >= 4 is 17.7 Å². The van der Waals surface area contributed by atoms with E-state index in [-0.39, 0.29) is 13.0 Å². The second kappa shape index (κ2) is 5.71. The summed E-state index contributed by atoms with van der Waals surface area (Å²) >= 11 is 0. The maximum absolute atomic E-state index is 11.2. The monoisotopic (exact) mass is 228 g/mol. The Hall–Kier alpha value is -2.09. The summed E-state index contributed by atoms with van der Waals surface area (Å²) in [6, 6.07) is -0.487. The molecule has 88 valence electrons. The lowest BCUT2D eigenvalue weighted by Gasteiger charge is -2.07. The normalized spacial score (nSPS) is 11.8. The summed E-state index contributed by atoms with van der Waals surface area (Å²) in [4.78, 5) is 21.4. The highest BCUT2D eigenvalue weighted by molar-refractivity contribution is 5.88. The molecule has 0 aliphatic carbocycles. The molecule has 0 spiro atoms. The summed E-state index contributed by atoms with van der Waals surface area (Å²) in [6.07, 6.45) is 1.40. The number of amides is 2. The van der Waals surface area contributed by atoms with Crippen molar-refractivity contribution in [3.63, 3.8) is 0 Å². The van der Waals surface area contributed by atoms with Gasteiger partial charge in [-0.2, -0.15) is 5.10 Å². The highest BCUT2D eigenvalue weighted by Gasteiger charge is 2.12. The van der Waals surface area contributed by atoms with E-state index in [0.29, 0.717) is 5.69 Å². The number of urea groups is 1. The number of hydrogen-bond donors (Lipinski definition) is 5. The van der Waals surface area contributed by atoms with Gasteiger partial charge in [-0.3, -0.25) is 5.10 Å². The van der Waals surface area contributed by atoms with E-state index in [4.69, 9.17) is 10.2 Å². The Balaban J connectivity index is 2.18. The fraction of sp³-hybridized carbons (Fsp3) is 0.375. The van der Waals surface area contributed by atoms with E-state index >= 15 is 0 Å². The first-order valence-corrected chi connectivity index (χ1v) is 4.54. The van der Waals surface area contributed by atoms with Gasteiger partial charge < -0.3 is 20.8 Å². The lowest BCUT2D eigenvalue weighted by Crippen LogP contribution is -2.32. The molecule has 5 N–H and O–H groups in total. The molecular formula is C8H12N4O4. The zero-order valence-electron chi connectivity index (χ0n) is 8.30. The van der Waals surface area contributed by atoms with Gasteiger partial charge in [0.25, 0.3) is 0 Å². The van der Waals surface area contributed by atoms with Crippen molar-refractivity contribution in [2.75, 3.05) is 11.9 Å². The summed E-state index contributed by atoms with van der Waals surface area (Å²) in [5, 5.41) is 28.3. The van der Waals surface area contributed by atoms with Gasteiger partial charge in [0.2, 0.25) is 0 Å². The average molecular weight is 228 g/mol. The minimum Gasteiger partial charge on any atom is -0.479 e. The Morgan fingerprint density at radius 3 is 2.88 bits per heavy atom. The molecule has 1 unspecified atom stereocenters. The highest BCUT2D eigenvalue weighted by atomic mass is 16.4. The van der Waals surface area contributed by atoms with Gasteiger partial charge in [-0.15, -0.1) is 0 Å². The van der Waals surface area contributed by atoms with E-state index in [9.17, 15) is 9.59 Å². The van der Waals surface area contributed by atoms with Crippen LogP contribution in [-0.2, 0) is 4.79 Å². The number of aromatic amines is 1. The number of aliphatic carboxylic acids is 1. The molecule has 16 heavy (non-hydrogen) atoms. The first-order valence-electron chi connectivity index (χ1n) is 4.54. The number of carboxylic acid groups (broad SMARTS) is 1. The number of carbonyl (C=O) groups excluding carboxylic acids is 1. The lowest BCUT2D eigenvalue weighted by atomic mass is 10.2. The van der Waals surface area contributed by atoms with Gasteiger partial charge in [-0.05, 0) is 0 Å². The van der Waals surface area contributed by atoms with Crippen LogP contribution in [0.3, 0.4) is 0 Å². The maximum atomic E-state index is 11.2. The average Bonchev–Trinajstić information content (AvgIpc) is 2.70. The van der Waals surface area contributed by atoms with E-state index in [0.717, 1.165) is 0 Å². The smallest absolute Gasteiger partial charge is 0.332 e. The number of rotatable bonds is 5. The van der Waals surface area contributed by atoms with Gasteiger partial charge in [-0.25, -0.2) is 9.59 Å². The molecule has 0 aromatic carbocycles. The second-order valence-corrected chi connectivity index (χ2v) is 3.01. The SMILES string of the molecule is O=C(NCCC(O)C(=O)O)Nc1cn[nH]c1. The lowest BCUT2D eigenvalue weighted by molar-refractivity contribution is -0.146. The predicted octanol–water partition coefficient (Wildman–Crippen LogP) is -0.633. The van der Waals surface area contributed by atoms with Crippen molar-refractivity contribution in [1.82, 2.24) is 15.5 Å². The Bertz CT molecular complexity index is 351. The number of aromatic nitrogens is 2. The van der Waals surface area contributed by atoms with Crippen LogP contribution in [0.25, 0.3) is 0 Å². The van der Waals surface area contributed by atoms with E-state index in [1.807, 2.05) is 0 Å². The number of H-pyrrole nitrogens is 1. The molecule has 8 nitrogen and oxygen atoms in total. The maximum Gasteiger partial charge on any atom is 0.332 e. The summed E-state index contributed by atoms with van der Waals surface area (Å²) in [6.45, 7) is 0.0666. The molecular weight excluding hydrogens is 216 g/mol. The second-order valence-electron chi connectivity index (χ2n) is 3.01. The third-order valence-corrected chi connectivity index (χ3v) is 1.74. The quantitative estimate of drug-likeness (QED) is 0.458. The number of hydrogen-bond acceptors (Lipinski definition) is 4. The third kappa shape index (κ3) is 3.96. The number of carbonyl (C=O) groups is 2. The number of nitrogens with one attached hydrogen (secondary N) is 3. The van der Waals surface area contributed by atoms with E-state index in [1.165, 1.54) is 12.4 Å². The molecule has 1 rings (SSSR count). The van der Waals surface area contributed by atoms with Gasteiger partial charge in [0.05, 0.1) is 11.9 Å². The Morgan fingerprint density at radius 1 is 1.56 bits per heavy atom. The van der Waals surface area contributed by atoms with Crippen molar-refractivity contribution in [3.05, 3.63) is 12.4 Å². The van der Waals surface area contributed by atoms with Crippen LogP contribution in [0.2, 0.25) is 0 Å². The van der Waals surface area contributed by atoms with Crippen LogP contribution in [0, 0.1) is 0 Å². The van der Waals surface area contributed by atoms with Gasteiger partial charge in [-0.1, -0.05) is 0 Å². The molecule has 1 aromatic heterocycles. The molecule has 0 aliphatic rings. The molecule has 1 aromatic rings. The summed E-state index contributed by atoms with van der Waals surface area (Å²) in [5.74, 6) is -1.31. The molecule has 0 bridgehead atoms. The Labute approximate surface area is 90.7 Å². The van der Waals surface area contributed by atoms with Crippen LogP contribution in [0.1, 0.15) is 6.42 Å². The van der Waals surface area contributed by atoms with Crippen molar-refractivity contribution in [3.8, 4) is 0 Å². The number of aliphatic hydroxyl groups excluding tert-OH is 1. The summed E-state index contributed by atoms with van der Waals surface area (Å²) < 4.78 is 0. The zero-order valence-corrected chi connectivity index (χ0v) is 8.30. The number of nitrogens with zero attached hydrogens (tertiary/aromatic N) is 1. The molecule has 1 atom stereocenters. The van der Waals surface area contributed by atoms with Crippen LogP contribution < -0.4 is 10.6 Å². The fourth-order valence-electron chi connectivity index (χ4n) is 0.940. The minimum absolute atomic E-state index is 0.0475. The predicted molar refractivity (Wildman–Crippen MR) is 53.9 cm³/mol. The molecule has 0 fully saturated rings. The van der Waals surface area contributed by atoms with Crippen LogP contribution in [0.4, 0.5) is 10.5 Å². The fourth-order valence-corrected chi connectivity index (χ4v) is 0.940. The van der Waals surface area contributed by atoms with Crippen LogP contribution in [0.15, 0.2) is 12.4 Å². The van der Waals surface area contributed by atoms with E-state index in [1.54, 1.807) is 0 Å². The van der Waals surface area contributed by atoms with Crippen LogP contribution >= 0.6 is 0 Å². The minimum atomic E-state index is -1.46. The van der Waals surface area contributed by atoms with Crippen molar-refractivity contribution in [2.24, 2.45) is 0 Å². The van der Waals surface area contributed by atoms with Crippen LogP contribution in [0.5, 0.6) is 0 Å². The van der Waals surface area contributed by atoms with E-state index in [2.05, 4.69) is 20.8 Å². The van der Waals surface area contributed by atoms with Gasteiger partial charge in [0.1, 0.15) is 0 Å². The highest BCUT2D eigenvalue weighted by Crippen LogP contribution is 1.99. The number of anilines is 1. The summed E-state index contributed by atoms with van der Waals surface area (Å²) in [7, 11) is 0. The first-order chi connectivity index (χ1) is 7.59. The molecule has 8 heteroatoms. The first kappa shape index (κ1) is 12.0. The van der Waals surface area contributed by atoms with Crippen molar-refractivity contribution < 1.29 is 19.8 Å². The third-order valence-electron chi connectivity index (χ3n) is 1.74. The number of aliphatic hydroxyl groups is 1. The topological polar surface area (TPSA) is 127 Å². The molecule has 0 saturated heterocycles. The molecule has 2 amide bonds. The van der Waals surface area contributed by atoms with Gasteiger partial charge >= 0.3 is 12.0 Å². The number of carboxylic acids is 1. The molecule has 0 aliphatic heterocycles. The van der Waals surface area contributed by atoms with Crippen molar-refractivity contribution in [2.45, 2.75) is 12.5 Å². The molecule has 1 heterocycles. The van der Waals surface area contributed by atoms with Crippen molar-refractivity contribution in [1.29, 1.82) is 0 Å².